The summed E-state index contributed by atoms with van der Waals surface area (Å²) in [6.07, 6.45) is 2.08. The van der Waals surface area contributed by atoms with Crippen molar-refractivity contribution in [2.45, 2.75) is 46.7 Å². The van der Waals surface area contributed by atoms with Crippen LogP contribution in [0.1, 0.15) is 34.8 Å². The number of fused-ring (bicyclic) bond motifs is 1. The number of carbonyl (C=O) groups is 1. The molecule has 3 rings (SSSR count). The number of hydrogen-bond donors (Lipinski definition) is 2. The lowest BCUT2D eigenvalue weighted by Gasteiger charge is -2.13. The van der Waals surface area contributed by atoms with Crippen molar-refractivity contribution >= 4 is 11.7 Å². The summed E-state index contributed by atoms with van der Waals surface area (Å²) in [5.74, 6) is 1.84. The van der Waals surface area contributed by atoms with Crippen molar-refractivity contribution in [1.29, 1.82) is 0 Å². The molecule has 2 aromatic rings. The fourth-order valence-electron chi connectivity index (χ4n) is 3.04. The van der Waals surface area contributed by atoms with Crippen LogP contribution in [0.3, 0.4) is 0 Å². The molecular formula is C16H21N5O. The molecule has 1 aromatic heterocycles. The van der Waals surface area contributed by atoms with Crippen molar-refractivity contribution in [3.63, 3.8) is 0 Å². The van der Waals surface area contributed by atoms with E-state index in [9.17, 15) is 4.79 Å². The molecule has 6 nitrogen and oxygen atoms in total. The van der Waals surface area contributed by atoms with Gasteiger partial charge in [-0.05, 0) is 38.3 Å². The van der Waals surface area contributed by atoms with Gasteiger partial charge in [0, 0.05) is 18.7 Å². The van der Waals surface area contributed by atoms with Gasteiger partial charge in [0.1, 0.15) is 5.82 Å². The maximum absolute atomic E-state index is 12.1. The van der Waals surface area contributed by atoms with Crippen LogP contribution < -0.4 is 10.6 Å². The Morgan fingerprint density at radius 2 is 1.95 bits per heavy atom. The first-order valence-electron chi connectivity index (χ1n) is 7.58. The molecule has 0 aliphatic carbocycles. The molecule has 1 aliphatic rings. The summed E-state index contributed by atoms with van der Waals surface area (Å²) in [5.41, 5.74) is 4.20. The third-order valence-electron chi connectivity index (χ3n) is 4.01. The highest BCUT2D eigenvalue weighted by atomic mass is 16.2. The summed E-state index contributed by atoms with van der Waals surface area (Å²) in [5, 5.41) is 14.1. The van der Waals surface area contributed by atoms with Gasteiger partial charge in [-0.15, -0.1) is 10.2 Å². The van der Waals surface area contributed by atoms with Gasteiger partial charge in [-0.2, -0.15) is 0 Å². The second kappa shape index (κ2) is 5.79. The molecule has 0 spiro atoms. The van der Waals surface area contributed by atoms with Crippen LogP contribution in [0.25, 0.3) is 0 Å². The molecule has 0 saturated heterocycles. The molecular weight excluding hydrogens is 278 g/mol. The molecule has 0 radical (unpaired) electrons. The van der Waals surface area contributed by atoms with Crippen LogP contribution in [0.4, 0.5) is 10.5 Å². The second-order valence-corrected chi connectivity index (χ2v) is 5.87. The number of nitrogens with one attached hydrogen (secondary N) is 2. The van der Waals surface area contributed by atoms with Gasteiger partial charge in [0.05, 0.1) is 6.54 Å². The highest BCUT2D eigenvalue weighted by Gasteiger charge is 2.17. The number of hydrogen-bond acceptors (Lipinski definition) is 3. The van der Waals surface area contributed by atoms with Crippen LogP contribution in [-0.2, 0) is 19.5 Å². The first-order valence-corrected chi connectivity index (χ1v) is 7.58. The highest BCUT2D eigenvalue weighted by molar-refractivity contribution is 5.91. The summed E-state index contributed by atoms with van der Waals surface area (Å²) >= 11 is 0. The lowest BCUT2D eigenvalue weighted by molar-refractivity contribution is 0.251. The number of nitrogens with zero attached hydrogens (tertiary/aromatic N) is 3. The molecule has 22 heavy (non-hydrogen) atoms. The van der Waals surface area contributed by atoms with Crippen LogP contribution >= 0.6 is 0 Å². The molecule has 2 amide bonds. The smallest absolute Gasteiger partial charge is 0.319 e. The first kappa shape index (κ1) is 14.6. The van der Waals surface area contributed by atoms with Crippen LogP contribution in [0, 0.1) is 20.8 Å². The standard InChI is InChI=1S/C16H21N5O/c1-10-7-11(2)15(12(3)8-10)18-16(22)17-9-14-20-19-13-5-4-6-21(13)14/h7-8H,4-6,9H2,1-3H3,(H2,17,18,22). The minimum Gasteiger partial charge on any atom is -0.331 e. The molecule has 0 fully saturated rings. The Morgan fingerprint density at radius 3 is 2.68 bits per heavy atom. The maximum Gasteiger partial charge on any atom is 0.319 e. The van der Waals surface area contributed by atoms with E-state index in [-0.39, 0.29) is 6.03 Å². The normalized spacial score (nSPS) is 13.0. The van der Waals surface area contributed by atoms with E-state index in [1.807, 2.05) is 13.8 Å². The van der Waals surface area contributed by atoms with E-state index >= 15 is 0 Å². The lowest BCUT2D eigenvalue weighted by Crippen LogP contribution is -2.30. The Bertz CT molecular complexity index is 696. The van der Waals surface area contributed by atoms with Crippen LogP contribution in [-0.4, -0.2) is 20.8 Å². The van der Waals surface area contributed by atoms with Gasteiger partial charge in [0.25, 0.3) is 0 Å². The largest absolute Gasteiger partial charge is 0.331 e. The maximum atomic E-state index is 12.1. The van der Waals surface area contributed by atoms with Crippen molar-refractivity contribution < 1.29 is 4.79 Å². The predicted octanol–water partition coefficient (Wildman–Crippen LogP) is 2.47. The van der Waals surface area contributed by atoms with Crippen LogP contribution in [0.15, 0.2) is 12.1 Å². The van der Waals surface area contributed by atoms with E-state index in [1.54, 1.807) is 0 Å². The summed E-state index contributed by atoms with van der Waals surface area (Å²) in [4.78, 5) is 12.1. The summed E-state index contributed by atoms with van der Waals surface area (Å²) in [6.45, 7) is 7.39. The third kappa shape index (κ3) is 2.81. The third-order valence-corrected chi connectivity index (χ3v) is 4.01. The Hall–Kier alpha value is -2.37. The summed E-state index contributed by atoms with van der Waals surface area (Å²) in [6, 6.07) is 3.91. The number of aryl methyl sites for hydroxylation is 4. The van der Waals surface area contributed by atoms with Gasteiger partial charge in [0.15, 0.2) is 5.82 Å². The molecule has 1 aliphatic heterocycles. The number of aromatic nitrogens is 3. The molecule has 0 unspecified atom stereocenters. The van der Waals surface area contributed by atoms with Gasteiger partial charge in [-0.1, -0.05) is 17.7 Å². The highest BCUT2D eigenvalue weighted by Crippen LogP contribution is 2.21. The zero-order valence-corrected chi connectivity index (χ0v) is 13.2. The van der Waals surface area contributed by atoms with Gasteiger partial charge in [-0.3, -0.25) is 0 Å². The van der Waals surface area contributed by atoms with E-state index in [4.69, 9.17) is 0 Å². The number of rotatable bonds is 3. The van der Waals surface area contributed by atoms with E-state index in [0.717, 1.165) is 47.8 Å². The van der Waals surface area contributed by atoms with E-state index in [1.165, 1.54) is 5.56 Å². The molecule has 0 bridgehead atoms. The number of anilines is 1. The summed E-state index contributed by atoms with van der Waals surface area (Å²) in [7, 11) is 0. The van der Waals surface area contributed by atoms with Crippen molar-refractivity contribution in [2.24, 2.45) is 0 Å². The van der Waals surface area contributed by atoms with Gasteiger partial charge in [-0.25, -0.2) is 4.79 Å². The topological polar surface area (TPSA) is 71.8 Å². The average molecular weight is 299 g/mol. The average Bonchev–Trinajstić information content (AvgIpc) is 3.04. The second-order valence-electron chi connectivity index (χ2n) is 5.87. The van der Waals surface area contributed by atoms with Crippen molar-refractivity contribution in [1.82, 2.24) is 20.1 Å². The van der Waals surface area contributed by atoms with E-state index < -0.39 is 0 Å². The Labute approximate surface area is 129 Å². The number of carbonyl (C=O) groups excluding carboxylic acids is 1. The Kier molecular flexibility index (Phi) is 3.83. The number of urea groups is 1. The van der Waals surface area contributed by atoms with E-state index in [0.29, 0.717) is 6.54 Å². The fraction of sp³-hybridized carbons (Fsp3) is 0.438. The van der Waals surface area contributed by atoms with Gasteiger partial charge < -0.3 is 15.2 Å². The molecule has 0 saturated carbocycles. The van der Waals surface area contributed by atoms with E-state index in [2.05, 4.69) is 44.5 Å². The first-order chi connectivity index (χ1) is 10.5. The van der Waals surface area contributed by atoms with Crippen LogP contribution in [0.2, 0.25) is 0 Å². The molecule has 0 atom stereocenters. The Balaban J connectivity index is 1.63. The molecule has 2 heterocycles. The Morgan fingerprint density at radius 1 is 1.23 bits per heavy atom. The summed E-state index contributed by atoms with van der Waals surface area (Å²) < 4.78 is 2.09. The fourth-order valence-corrected chi connectivity index (χ4v) is 3.04. The van der Waals surface area contributed by atoms with Gasteiger partial charge in [0.2, 0.25) is 0 Å². The monoisotopic (exact) mass is 299 g/mol. The predicted molar refractivity (Wildman–Crippen MR) is 84.9 cm³/mol. The zero-order valence-electron chi connectivity index (χ0n) is 13.2. The number of amides is 2. The number of benzene rings is 1. The minimum atomic E-state index is -0.217. The molecule has 116 valence electrons. The SMILES string of the molecule is Cc1cc(C)c(NC(=O)NCc2nnc3n2CCC3)c(C)c1. The van der Waals surface area contributed by atoms with Crippen molar-refractivity contribution in [3.8, 4) is 0 Å². The molecule has 2 N–H and O–H groups in total. The lowest BCUT2D eigenvalue weighted by atomic mass is 10.1. The quantitative estimate of drug-likeness (QED) is 0.914. The van der Waals surface area contributed by atoms with Crippen molar-refractivity contribution in [2.75, 3.05) is 5.32 Å². The van der Waals surface area contributed by atoms with Crippen LogP contribution in [0.5, 0.6) is 0 Å². The molecule has 1 aromatic carbocycles. The minimum absolute atomic E-state index is 0.217. The zero-order chi connectivity index (χ0) is 15.7. The van der Waals surface area contributed by atoms with Crippen molar-refractivity contribution in [3.05, 3.63) is 40.5 Å². The molecule has 6 heteroatoms. The van der Waals surface area contributed by atoms with Gasteiger partial charge >= 0.3 is 6.03 Å².